The summed E-state index contributed by atoms with van der Waals surface area (Å²) in [5, 5.41) is 3.73. The Hall–Kier alpha value is -3.43. The molecule has 4 rings (SSSR count). The van der Waals surface area contributed by atoms with Crippen LogP contribution < -0.4 is 14.8 Å². The highest BCUT2D eigenvalue weighted by Crippen LogP contribution is 2.23. The molecule has 1 amide bonds. The van der Waals surface area contributed by atoms with Crippen molar-refractivity contribution in [1.82, 2.24) is 4.37 Å². The number of carbonyl (C=O) groups excluding carboxylic acids is 1. The molecule has 2 N–H and O–H groups in total. The maximum Gasteiger partial charge on any atom is 0.262 e. The fraction of sp³-hybridized carbons (Fsp3) is 0.130. The number of carbonyl (C=O) groups is 1. The van der Waals surface area contributed by atoms with Crippen LogP contribution in [0.25, 0.3) is 10.1 Å². The minimum absolute atomic E-state index is 0.105. The van der Waals surface area contributed by atoms with Gasteiger partial charge in [0.15, 0.2) is 6.61 Å². The number of rotatable bonds is 7. The van der Waals surface area contributed by atoms with Crippen LogP contribution in [0.1, 0.15) is 11.1 Å². The standard InChI is InChI=1S/C23H21N3O4S2/c1-15-3-4-16(2)21(11-15)26-32(28,29)20-8-6-19(7-9-20)30-14-23(27)25-18-5-10-22-17(12-18)13-24-31-22/h3-13,26H,14H2,1-2H3,(H,25,27). The third-order valence-corrected chi connectivity index (χ3v) is 6.94. The van der Waals surface area contributed by atoms with E-state index in [4.69, 9.17) is 4.74 Å². The predicted octanol–water partition coefficient (Wildman–Crippen LogP) is 4.73. The molecule has 1 aromatic heterocycles. The minimum Gasteiger partial charge on any atom is -0.484 e. The number of hydrogen-bond donors (Lipinski definition) is 2. The van der Waals surface area contributed by atoms with E-state index in [2.05, 4.69) is 14.4 Å². The number of nitrogens with one attached hydrogen (secondary N) is 2. The largest absolute Gasteiger partial charge is 0.484 e. The number of aromatic nitrogens is 1. The summed E-state index contributed by atoms with van der Waals surface area (Å²) < 4.78 is 38.7. The summed E-state index contributed by atoms with van der Waals surface area (Å²) in [5.41, 5.74) is 2.99. The van der Waals surface area contributed by atoms with Crippen LogP contribution in [-0.4, -0.2) is 25.3 Å². The van der Waals surface area contributed by atoms with Crippen LogP contribution >= 0.6 is 11.5 Å². The summed E-state index contributed by atoms with van der Waals surface area (Å²) in [6.45, 7) is 3.54. The van der Waals surface area contributed by atoms with Gasteiger partial charge in [-0.1, -0.05) is 12.1 Å². The van der Waals surface area contributed by atoms with E-state index in [0.29, 0.717) is 17.1 Å². The van der Waals surface area contributed by atoms with Gasteiger partial charge in [-0.25, -0.2) is 8.42 Å². The van der Waals surface area contributed by atoms with E-state index in [0.717, 1.165) is 21.2 Å². The number of anilines is 2. The Kier molecular flexibility index (Phi) is 6.11. The van der Waals surface area contributed by atoms with Crippen LogP contribution in [0.4, 0.5) is 11.4 Å². The first-order valence-electron chi connectivity index (χ1n) is 9.77. The number of ether oxygens (including phenoxy) is 1. The maximum atomic E-state index is 12.7. The number of fused-ring (bicyclic) bond motifs is 1. The molecule has 4 aromatic rings. The summed E-state index contributed by atoms with van der Waals surface area (Å²) in [6, 6.07) is 17.1. The van der Waals surface area contributed by atoms with Gasteiger partial charge in [-0.15, -0.1) is 0 Å². The predicted molar refractivity (Wildman–Crippen MR) is 127 cm³/mol. The van der Waals surface area contributed by atoms with Crippen molar-refractivity contribution in [2.45, 2.75) is 18.7 Å². The van der Waals surface area contributed by atoms with Gasteiger partial charge < -0.3 is 10.1 Å². The van der Waals surface area contributed by atoms with E-state index in [-0.39, 0.29) is 17.4 Å². The van der Waals surface area contributed by atoms with Gasteiger partial charge in [0, 0.05) is 17.3 Å². The molecule has 3 aromatic carbocycles. The molecule has 0 radical (unpaired) electrons. The molecule has 0 saturated heterocycles. The monoisotopic (exact) mass is 467 g/mol. The molecule has 1 heterocycles. The first-order chi connectivity index (χ1) is 15.3. The lowest BCUT2D eigenvalue weighted by atomic mass is 10.1. The van der Waals surface area contributed by atoms with Crippen LogP contribution in [0.3, 0.4) is 0 Å². The third kappa shape index (κ3) is 5.06. The highest BCUT2D eigenvalue weighted by atomic mass is 32.2. The summed E-state index contributed by atoms with van der Waals surface area (Å²) in [7, 11) is -3.74. The summed E-state index contributed by atoms with van der Waals surface area (Å²) >= 11 is 1.39. The number of benzene rings is 3. The molecule has 0 saturated carbocycles. The number of amides is 1. The molecular weight excluding hydrogens is 446 g/mol. The highest BCUT2D eigenvalue weighted by Gasteiger charge is 2.16. The zero-order chi connectivity index (χ0) is 22.7. The average molecular weight is 468 g/mol. The van der Waals surface area contributed by atoms with Crippen LogP contribution in [0.15, 0.2) is 71.8 Å². The first kappa shape index (κ1) is 21.8. The van der Waals surface area contributed by atoms with Crippen LogP contribution in [0, 0.1) is 13.8 Å². The Morgan fingerprint density at radius 2 is 1.81 bits per heavy atom. The van der Waals surface area contributed by atoms with E-state index in [1.165, 1.54) is 35.8 Å². The molecule has 7 nitrogen and oxygen atoms in total. The smallest absolute Gasteiger partial charge is 0.262 e. The Balaban J connectivity index is 1.36. The van der Waals surface area contributed by atoms with Crippen LogP contribution in [0.5, 0.6) is 5.75 Å². The topological polar surface area (TPSA) is 97.4 Å². The fourth-order valence-corrected chi connectivity index (χ4v) is 4.81. The Bertz CT molecular complexity index is 1380. The van der Waals surface area contributed by atoms with Crippen molar-refractivity contribution in [3.63, 3.8) is 0 Å². The molecule has 0 aliphatic carbocycles. The SMILES string of the molecule is Cc1ccc(C)c(NS(=O)(=O)c2ccc(OCC(=O)Nc3ccc4sncc4c3)cc2)c1. The Morgan fingerprint density at radius 3 is 2.59 bits per heavy atom. The number of hydrogen-bond acceptors (Lipinski definition) is 6. The molecule has 164 valence electrons. The molecule has 0 bridgehead atoms. The van der Waals surface area contributed by atoms with Crippen molar-refractivity contribution in [3.05, 3.63) is 78.0 Å². The normalized spacial score (nSPS) is 11.3. The molecule has 9 heteroatoms. The van der Waals surface area contributed by atoms with Crippen LogP contribution in [-0.2, 0) is 14.8 Å². The van der Waals surface area contributed by atoms with Crippen molar-refractivity contribution in [2.24, 2.45) is 0 Å². The van der Waals surface area contributed by atoms with Crippen molar-refractivity contribution >= 4 is 48.9 Å². The fourth-order valence-electron chi connectivity index (χ4n) is 3.06. The minimum atomic E-state index is -3.74. The van der Waals surface area contributed by atoms with Gasteiger partial charge in [0.2, 0.25) is 0 Å². The molecule has 0 atom stereocenters. The highest BCUT2D eigenvalue weighted by molar-refractivity contribution is 7.92. The summed E-state index contributed by atoms with van der Waals surface area (Å²) in [4.78, 5) is 12.3. The van der Waals surface area contributed by atoms with E-state index in [1.807, 2.05) is 38.1 Å². The first-order valence-corrected chi connectivity index (χ1v) is 12.0. The van der Waals surface area contributed by atoms with E-state index in [9.17, 15) is 13.2 Å². The lowest BCUT2D eigenvalue weighted by molar-refractivity contribution is -0.118. The quantitative estimate of drug-likeness (QED) is 0.409. The van der Waals surface area contributed by atoms with Crippen molar-refractivity contribution in [2.75, 3.05) is 16.6 Å². The Morgan fingerprint density at radius 1 is 1.03 bits per heavy atom. The van der Waals surface area contributed by atoms with Gasteiger partial charge in [-0.05, 0) is 85.0 Å². The van der Waals surface area contributed by atoms with Crippen LogP contribution in [0.2, 0.25) is 0 Å². The molecule has 32 heavy (non-hydrogen) atoms. The lowest BCUT2D eigenvalue weighted by Crippen LogP contribution is -2.20. The van der Waals surface area contributed by atoms with Gasteiger partial charge in [-0.2, -0.15) is 4.37 Å². The molecule has 0 spiro atoms. The van der Waals surface area contributed by atoms with Gasteiger partial charge in [-0.3, -0.25) is 9.52 Å². The lowest BCUT2D eigenvalue weighted by Gasteiger charge is -2.12. The van der Waals surface area contributed by atoms with Gasteiger partial charge in [0.25, 0.3) is 15.9 Å². The average Bonchev–Trinajstić information content (AvgIpc) is 3.23. The van der Waals surface area contributed by atoms with Gasteiger partial charge in [0.05, 0.1) is 15.3 Å². The second-order valence-corrected chi connectivity index (χ2v) is 9.83. The number of sulfonamides is 1. The molecular formula is C23H21N3O4S2. The second-order valence-electron chi connectivity index (χ2n) is 7.31. The number of aryl methyl sites for hydroxylation is 2. The maximum absolute atomic E-state index is 12.7. The second kappa shape index (κ2) is 8.97. The van der Waals surface area contributed by atoms with Crippen molar-refractivity contribution in [3.8, 4) is 5.75 Å². The zero-order valence-electron chi connectivity index (χ0n) is 17.5. The van der Waals surface area contributed by atoms with E-state index >= 15 is 0 Å². The van der Waals surface area contributed by atoms with E-state index in [1.54, 1.807) is 18.3 Å². The zero-order valence-corrected chi connectivity index (χ0v) is 19.1. The Labute approximate surface area is 190 Å². The third-order valence-electron chi connectivity index (χ3n) is 4.78. The molecule has 0 aliphatic rings. The van der Waals surface area contributed by atoms with E-state index < -0.39 is 10.0 Å². The van der Waals surface area contributed by atoms with Gasteiger partial charge >= 0.3 is 0 Å². The number of nitrogens with zero attached hydrogens (tertiary/aromatic N) is 1. The van der Waals surface area contributed by atoms with Crippen molar-refractivity contribution < 1.29 is 17.9 Å². The molecule has 0 aliphatic heterocycles. The van der Waals surface area contributed by atoms with Crippen molar-refractivity contribution in [1.29, 1.82) is 0 Å². The molecule has 0 unspecified atom stereocenters. The summed E-state index contributed by atoms with van der Waals surface area (Å²) in [6.07, 6.45) is 1.75. The summed E-state index contributed by atoms with van der Waals surface area (Å²) in [5.74, 6) is 0.0733. The van der Waals surface area contributed by atoms with Gasteiger partial charge in [0.1, 0.15) is 5.75 Å². The molecule has 0 fully saturated rings.